The summed E-state index contributed by atoms with van der Waals surface area (Å²) in [7, 11) is 0. The molecule has 5 rings (SSSR count). The Hall–Kier alpha value is -3.88. The summed E-state index contributed by atoms with van der Waals surface area (Å²) in [5, 5.41) is 17.8. The first kappa shape index (κ1) is 21.9. The average Bonchev–Trinajstić information content (AvgIpc) is 3.30. The fraction of sp³-hybridized carbons (Fsp3) is 0.280. The lowest BCUT2D eigenvalue weighted by atomic mass is 9.86. The van der Waals surface area contributed by atoms with Crippen LogP contribution in [0.3, 0.4) is 0 Å². The van der Waals surface area contributed by atoms with Gasteiger partial charge in [0.25, 0.3) is 5.91 Å². The summed E-state index contributed by atoms with van der Waals surface area (Å²) >= 11 is 0. The molecule has 7 nitrogen and oxygen atoms in total. The van der Waals surface area contributed by atoms with Crippen molar-refractivity contribution in [2.24, 2.45) is 5.92 Å². The first-order chi connectivity index (χ1) is 16.5. The Bertz CT molecular complexity index is 1310. The zero-order valence-corrected chi connectivity index (χ0v) is 18.3. The molecule has 0 aliphatic heterocycles. The molecule has 9 heteroatoms. The molecule has 1 amide bonds. The Labute approximate surface area is 194 Å². The number of rotatable bonds is 5. The number of carbonyl (C=O) groups is 1. The summed E-state index contributed by atoms with van der Waals surface area (Å²) in [5.41, 5.74) is 1.67. The smallest absolute Gasteiger partial charge is 0.251 e. The number of aromatic nitrogens is 4. The average molecular weight is 463 g/mol. The van der Waals surface area contributed by atoms with Crippen LogP contribution >= 0.6 is 0 Å². The minimum Gasteiger partial charge on any atom is -0.503 e. The Balaban J connectivity index is 1.18. The largest absolute Gasteiger partial charge is 0.503 e. The maximum Gasteiger partial charge on any atom is 0.251 e. The summed E-state index contributed by atoms with van der Waals surface area (Å²) < 4.78 is 29.0. The van der Waals surface area contributed by atoms with Crippen molar-refractivity contribution in [3.05, 3.63) is 72.2 Å². The van der Waals surface area contributed by atoms with Gasteiger partial charge in [0.1, 0.15) is 0 Å². The molecule has 1 fully saturated rings. The molecule has 34 heavy (non-hydrogen) atoms. The lowest BCUT2D eigenvalue weighted by Gasteiger charge is -2.28. The van der Waals surface area contributed by atoms with Crippen molar-refractivity contribution >= 4 is 16.8 Å². The van der Waals surface area contributed by atoms with Crippen LogP contribution in [0, 0.1) is 17.6 Å². The molecule has 1 saturated carbocycles. The second-order valence-electron chi connectivity index (χ2n) is 8.63. The molecule has 4 aromatic rings. The minimum atomic E-state index is -1.15. The number of benzene rings is 2. The molecule has 2 heterocycles. The van der Waals surface area contributed by atoms with Gasteiger partial charge in [0.05, 0.1) is 11.6 Å². The molecular weight excluding hydrogens is 440 g/mol. The number of hydrogen-bond donors (Lipinski definition) is 2. The van der Waals surface area contributed by atoms with Gasteiger partial charge in [0.15, 0.2) is 23.2 Å². The van der Waals surface area contributed by atoms with Gasteiger partial charge < -0.3 is 10.4 Å². The molecule has 2 N–H and O–H groups in total. The highest BCUT2D eigenvalue weighted by molar-refractivity contribution is 5.94. The van der Waals surface area contributed by atoms with Crippen LogP contribution in [-0.2, 0) is 0 Å². The van der Waals surface area contributed by atoms with E-state index in [4.69, 9.17) is 5.10 Å². The van der Waals surface area contributed by atoms with E-state index in [-0.39, 0.29) is 17.5 Å². The van der Waals surface area contributed by atoms with Gasteiger partial charge in [-0.1, -0.05) is 12.1 Å². The van der Waals surface area contributed by atoms with Crippen molar-refractivity contribution in [2.45, 2.75) is 31.7 Å². The van der Waals surface area contributed by atoms with Crippen LogP contribution in [0.4, 0.5) is 8.78 Å². The van der Waals surface area contributed by atoms with Crippen LogP contribution < -0.4 is 5.32 Å². The molecule has 0 radical (unpaired) electrons. The second-order valence-corrected chi connectivity index (χ2v) is 8.63. The fourth-order valence-electron chi connectivity index (χ4n) is 4.46. The highest BCUT2D eigenvalue weighted by Crippen LogP contribution is 2.33. The third-order valence-electron chi connectivity index (χ3n) is 6.37. The third-order valence-corrected chi connectivity index (χ3v) is 6.37. The number of carbonyl (C=O) groups excluding carboxylic acids is 1. The van der Waals surface area contributed by atoms with Crippen LogP contribution in [0.25, 0.3) is 22.3 Å². The van der Waals surface area contributed by atoms with Gasteiger partial charge in [-0.3, -0.25) is 9.48 Å². The number of amides is 1. The van der Waals surface area contributed by atoms with Gasteiger partial charge in [-0.05, 0) is 55.9 Å². The number of aromatic hydroxyl groups is 1. The van der Waals surface area contributed by atoms with Crippen molar-refractivity contribution < 1.29 is 18.7 Å². The van der Waals surface area contributed by atoms with Gasteiger partial charge in [-0.15, -0.1) is 0 Å². The maximum atomic E-state index is 13.5. The Morgan fingerprint density at radius 1 is 1.06 bits per heavy atom. The van der Waals surface area contributed by atoms with Crippen LogP contribution in [0.5, 0.6) is 5.75 Å². The predicted molar refractivity (Wildman–Crippen MR) is 122 cm³/mol. The lowest BCUT2D eigenvalue weighted by molar-refractivity contribution is 0.0940. The van der Waals surface area contributed by atoms with Crippen molar-refractivity contribution in [2.75, 3.05) is 6.54 Å². The predicted octanol–water partition coefficient (Wildman–Crippen LogP) is 4.64. The van der Waals surface area contributed by atoms with Gasteiger partial charge in [0.2, 0.25) is 0 Å². The minimum absolute atomic E-state index is 0.148. The summed E-state index contributed by atoms with van der Waals surface area (Å²) in [5.74, 6) is -3.00. The van der Waals surface area contributed by atoms with E-state index in [2.05, 4.69) is 21.5 Å². The van der Waals surface area contributed by atoms with E-state index < -0.39 is 23.3 Å². The molecule has 0 saturated heterocycles. The van der Waals surface area contributed by atoms with Crippen LogP contribution in [0.1, 0.15) is 42.1 Å². The van der Waals surface area contributed by atoms with Gasteiger partial charge in [-0.25, -0.2) is 18.7 Å². The van der Waals surface area contributed by atoms with Gasteiger partial charge in [-0.2, -0.15) is 5.10 Å². The lowest BCUT2D eigenvalue weighted by Crippen LogP contribution is -2.31. The van der Waals surface area contributed by atoms with Crippen LogP contribution in [0.2, 0.25) is 0 Å². The molecular formula is C25H23F2N5O2. The summed E-state index contributed by atoms with van der Waals surface area (Å²) in [4.78, 5) is 20.9. The van der Waals surface area contributed by atoms with E-state index in [0.717, 1.165) is 54.3 Å². The first-order valence-electron chi connectivity index (χ1n) is 11.2. The summed E-state index contributed by atoms with van der Waals surface area (Å²) in [6, 6.07) is 9.75. The highest BCUT2D eigenvalue weighted by atomic mass is 19.1. The first-order valence-corrected chi connectivity index (χ1v) is 11.2. The van der Waals surface area contributed by atoms with E-state index in [1.54, 1.807) is 18.5 Å². The normalized spacial score (nSPS) is 18.2. The quantitative estimate of drug-likeness (QED) is 0.450. The highest BCUT2D eigenvalue weighted by Gasteiger charge is 2.24. The van der Waals surface area contributed by atoms with E-state index in [9.17, 15) is 18.7 Å². The molecule has 174 valence electrons. The molecule has 0 atom stereocenters. The standard InChI is InChI=1S/C25H23F2N5O2/c26-20-10-18(11-21(27)23(20)33)25(34)30-13-15-2-6-19(7-3-15)32-14-17-5-4-16(12-22(17)31-32)24-28-8-1-9-29-24/h1,4-5,8-12,14-15,19,33H,2-3,6-7,13H2,(H,30,34)/t15-,19-. The Morgan fingerprint density at radius 3 is 2.47 bits per heavy atom. The number of phenols is 1. The molecule has 2 aromatic carbocycles. The van der Waals surface area contributed by atoms with Crippen LogP contribution in [-0.4, -0.2) is 37.3 Å². The molecule has 2 aromatic heterocycles. The fourth-order valence-corrected chi connectivity index (χ4v) is 4.46. The number of halogens is 2. The Kier molecular flexibility index (Phi) is 5.91. The van der Waals surface area contributed by atoms with E-state index >= 15 is 0 Å². The van der Waals surface area contributed by atoms with Crippen LogP contribution in [0.15, 0.2) is 55.0 Å². The molecule has 0 unspecified atom stereocenters. The van der Waals surface area contributed by atoms with Crippen molar-refractivity contribution in [1.82, 2.24) is 25.1 Å². The maximum absolute atomic E-state index is 13.5. The summed E-state index contributed by atoms with van der Waals surface area (Å²) in [6.45, 7) is 0.428. The molecule has 1 aliphatic rings. The van der Waals surface area contributed by atoms with E-state index in [1.807, 2.05) is 22.9 Å². The van der Waals surface area contributed by atoms with Gasteiger partial charge >= 0.3 is 0 Å². The van der Waals surface area contributed by atoms with Crippen molar-refractivity contribution in [1.29, 1.82) is 0 Å². The molecule has 0 bridgehead atoms. The van der Waals surface area contributed by atoms with E-state index in [0.29, 0.717) is 12.4 Å². The van der Waals surface area contributed by atoms with E-state index in [1.165, 1.54) is 0 Å². The molecule has 0 spiro atoms. The number of hydrogen-bond acceptors (Lipinski definition) is 5. The van der Waals surface area contributed by atoms with Crippen molar-refractivity contribution in [3.63, 3.8) is 0 Å². The topological polar surface area (TPSA) is 92.9 Å². The number of nitrogens with one attached hydrogen (secondary N) is 1. The second kappa shape index (κ2) is 9.17. The van der Waals surface area contributed by atoms with Gasteiger partial charge in [0, 0.05) is 41.6 Å². The van der Waals surface area contributed by atoms with Crippen molar-refractivity contribution in [3.8, 4) is 17.1 Å². The zero-order valence-electron chi connectivity index (χ0n) is 18.3. The zero-order chi connectivity index (χ0) is 23.7. The monoisotopic (exact) mass is 463 g/mol. The number of phenolic OH excluding ortho intramolecular Hbond substituents is 1. The number of nitrogens with zero attached hydrogens (tertiary/aromatic N) is 4. The summed E-state index contributed by atoms with van der Waals surface area (Å²) in [6.07, 6.45) is 9.15. The molecule has 1 aliphatic carbocycles. The Morgan fingerprint density at radius 2 is 1.76 bits per heavy atom. The third kappa shape index (κ3) is 4.46. The SMILES string of the molecule is O=C(NC[C@H]1CC[C@H](n2cc3ccc(-c4ncccn4)cc3n2)CC1)c1cc(F)c(O)c(F)c1. The number of fused-ring (bicyclic) bond motifs is 1.